The highest BCUT2D eigenvalue weighted by Crippen LogP contribution is 2.27. The molecule has 1 heterocycles. The first-order valence-electron chi connectivity index (χ1n) is 7.71. The second-order valence-electron chi connectivity index (χ2n) is 5.28. The van der Waals surface area contributed by atoms with Gasteiger partial charge in [0, 0.05) is 5.69 Å². The van der Waals surface area contributed by atoms with E-state index in [1.54, 1.807) is 36.4 Å². The van der Waals surface area contributed by atoms with Crippen LogP contribution in [-0.4, -0.2) is 45.8 Å². The van der Waals surface area contributed by atoms with Crippen LogP contribution in [0, 0.1) is 0 Å². The van der Waals surface area contributed by atoms with Crippen molar-refractivity contribution in [2.45, 2.75) is 0 Å². The summed E-state index contributed by atoms with van der Waals surface area (Å²) in [4.78, 5) is 24.1. The van der Waals surface area contributed by atoms with Gasteiger partial charge in [-0.1, -0.05) is 17.7 Å². The standard InChI is InChI=1S/C17H14ClN5O4/c1-26-15-6-5-12(8-14(15)18)20-16(24)9-27-17(25)11-3-2-4-13(7-11)23-10-19-21-22-23/h2-8,10H,9H2,1H3,(H,20,24). The van der Waals surface area contributed by atoms with Crippen LogP contribution < -0.4 is 10.1 Å². The van der Waals surface area contributed by atoms with Gasteiger partial charge in [0.05, 0.1) is 23.4 Å². The lowest BCUT2D eigenvalue weighted by Crippen LogP contribution is -2.21. The van der Waals surface area contributed by atoms with Crippen LogP contribution in [0.3, 0.4) is 0 Å². The second-order valence-corrected chi connectivity index (χ2v) is 5.69. The summed E-state index contributed by atoms with van der Waals surface area (Å²) in [7, 11) is 1.49. The molecular weight excluding hydrogens is 374 g/mol. The normalized spacial score (nSPS) is 10.3. The van der Waals surface area contributed by atoms with E-state index in [2.05, 4.69) is 20.8 Å². The second kappa shape index (κ2) is 8.28. The monoisotopic (exact) mass is 387 g/mol. The number of methoxy groups -OCH3 is 1. The smallest absolute Gasteiger partial charge is 0.338 e. The number of nitrogens with zero attached hydrogens (tertiary/aromatic N) is 4. The molecule has 138 valence electrons. The minimum Gasteiger partial charge on any atom is -0.495 e. The Balaban J connectivity index is 1.58. The Bertz CT molecular complexity index is 962. The number of hydrogen-bond donors (Lipinski definition) is 1. The fraction of sp³-hybridized carbons (Fsp3) is 0.118. The van der Waals surface area contributed by atoms with Gasteiger partial charge in [-0.2, -0.15) is 0 Å². The number of halogens is 1. The topological polar surface area (TPSA) is 108 Å². The van der Waals surface area contributed by atoms with Gasteiger partial charge in [-0.3, -0.25) is 4.79 Å². The van der Waals surface area contributed by atoms with E-state index in [0.717, 1.165) is 0 Å². The van der Waals surface area contributed by atoms with E-state index in [0.29, 0.717) is 22.1 Å². The van der Waals surface area contributed by atoms with Crippen molar-refractivity contribution >= 4 is 29.2 Å². The lowest BCUT2D eigenvalue weighted by Gasteiger charge is -2.09. The third-order valence-corrected chi connectivity index (χ3v) is 3.76. The predicted octanol–water partition coefficient (Wildman–Crippen LogP) is 2.12. The average Bonchev–Trinajstić information content (AvgIpc) is 3.21. The third kappa shape index (κ3) is 4.59. The first-order valence-corrected chi connectivity index (χ1v) is 8.08. The van der Waals surface area contributed by atoms with Gasteiger partial charge in [0.1, 0.15) is 12.1 Å². The van der Waals surface area contributed by atoms with E-state index in [1.807, 2.05) is 0 Å². The minimum absolute atomic E-state index is 0.267. The molecule has 2 aromatic carbocycles. The SMILES string of the molecule is COc1ccc(NC(=O)COC(=O)c2cccc(-n3cnnn3)c2)cc1Cl. The highest BCUT2D eigenvalue weighted by Gasteiger charge is 2.12. The summed E-state index contributed by atoms with van der Waals surface area (Å²) in [6.07, 6.45) is 1.40. The van der Waals surface area contributed by atoms with Crippen LogP contribution in [0.1, 0.15) is 10.4 Å². The Hall–Kier alpha value is -3.46. The Morgan fingerprint density at radius 2 is 2.07 bits per heavy atom. The van der Waals surface area contributed by atoms with Gasteiger partial charge in [0.2, 0.25) is 0 Å². The number of nitrogens with one attached hydrogen (secondary N) is 1. The molecule has 0 saturated heterocycles. The van der Waals surface area contributed by atoms with Gasteiger partial charge >= 0.3 is 5.97 Å². The van der Waals surface area contributed by atoms with Crippen molar-refractivity contribution in [1.82, 2.24) is 20.2 Å². The van der Waals surface area contributed by atoms with Gasteiger partial charge in [-0.05, 0) is 46.8 Å². The number of anilines is 1. The number of hydrogen-bond acceptors (Lipinski definition) is 7. The molecule has 27 heavy (non-hydrogen) atoms. The van der Waals surface area contributed by atoms with Gasteiger partial charge in [0.15, 0.2) is 6.61 Å². The molecule has 0 aliphatic carbocycles. The molecule has 0 radical (unpaired) electrons. The number of aromatic nitrogens is 4. The number of tetrazole rings is 1. The minimum atomic E-state index is -0.646. The maximum absolute atomic E-state index is 12.2. The lowest BCUT2D eigenvalue weighted by atomic mass is 10.2. The summed E-state index contributed by atoms with van der Waals surface area (Å²) in [6.45, 7) is -0.447. The molecule has 3 aromatic rings. The van der Waals surface area contributed by atoms with Crippen molar-refractivity contribution in [3.63, 3.8) is 0 Å². The zero-order chi connectivity index (χ0) is 19.2. The molecule has 0 aliphatic heterocycles. The van der Waals surface area contributed by atoms with Crippen LogP contribution in [0.4, 0.5) is 5.69 Å². The maximum Gasteiger partial charge on any atom is 0.338 e. The van der Waals surface area contributed by atoms with Crippen LogP contribution in [0.2, 0.25) is 5.02 Å². The zero-order valence-corrected chi connectivity index (χ0v) is 14.9. The number of ether oxygens (including phenoxy) is 2. The molecule has 0 spiro atoms. The van der Waals surface area contributed by atoms with E-state index >= 15 is 0 Å². The third-order valence-electron chi connectivity index (χ3n) is 3.47. The molecule has 1 N–H and O–H groups in total. The van der Waals surface area contributed by atoms with E-state index in [-0.39, 0.29) is 5.56 Å². The van der Waals surface area contributed by atoms with Crippen molar-refractivity contribution < 1.29 is 19.1 Å². The first-order chi connectivity index (χ1) is 13.1. The largest absolute Gasteiger partial charge is 0.495 e. The maximum atomic E-state index is 12.2. The quantitative estimate of drug-likeness (QED) is 0.645. The number of benzene rings is 2. The molecule has 0 aliphatic rings. The van der Waals surface area contributed by atoms with Crippen molar-refractivity contribution in [2.75, 3.05) is 19.0 Å². The van der Waals surface area contributed by atoms with E-state index in [9.17, 15) is 9.59 Å². The highest BCUT2D eigenvalue weighted by atomic mass is 35.5. The molecular formula is C17H14ClN5O4. The Labute approximate surface area is 158 Å². The van der Waals surface area contributed by atoms with Crippen LogP contribution in [0.15, 0.2) is 48.8 Å². The summed E-state index contributed by atoms with van der Waals surface area (Å²) in [5, 5.41) is 13.8. The average molecular weight is 388 g/mol. The van der Waals surface area contributed by atoms with Crippen LogP contribution >= 0.6 is 11.6 Å². The molecule has 0 fully saturated rings. The zero-order valence-electron chi connectivity index (χ0n) is 14.1. The van der Waals surface area contributed by atoms with Crippen molar-refractivity contribution in [3.05, 3.63) is 59.4 Å². The summed E-state index contributed by atoms with van der Waals surface area (Å²) in [5.74, 6) is -0.655. The molecule has 0 saturated carbocycles. The fourth-order valence-corrected chi connectivity index (χ4v) is 2.47. The lowest BCUT2D eigenvalue weighted by molar-refractivity contribution is -0.119. The Morgan fingerprint density at radius 3 is 2.78 bits per heavy atom. The van der Waals surface area contributed by atoms with Gasteiger partial charge in [-0.15, -0.1) is 5.10 Å². The van der Waals surface area contributed by atoms with E-state index in [1.165, 1.54) is 24.2 Å². The fourth-order valence-electron chi connectivity index (χ4n) is 2.21. The molecule has 0 atom stereocenters. The summed E-state index contributed by atoms with van der Waals surface area (Å²) in [5.41, 5.74) is 1.32. The van der Waals surface area contributed by atoms with Crippen molar-refractivity contribution in [2.24, 2.45) is 0 Å². The number of carbonyl (C=O) groups excluding carboxylic acids is 2. The Kier molecular flexibility index (Phi) is 5.62. The molecule has 3 rings (SSSR count). The number of rotatable bonds is 6. The summed E-state index contributed by atoms with van der Waals surface area (Å²) in [6, 6.07) is 11.3. The molecule has 9 nitrogen and oxygen atoms in total. The van der Waals surface area contributed by atoms with Crippen LogP contribution in [0.5, 0.6) is 5.75 Å². The molecule has 1 amide bonds. The summed E-state index contributed by atoms with van der Waals surface area (Å²) < 4.78 is 11.5. The van der Waals surface area contributed by atoms with Crippen molar-refractivity contribution in [1.29, 1.82) is 0 Å². The molecule has 0 unspecified atom stereocenters. The number of esters is 1. The van der Waals surface area contributed by atoms with E-state index in [4.69, 9.17) is 21.1 Å². The molecule has 0 bridgehead atoms. The van der Waals surface area contributed by atoms with Crippen molar-refractivity contribution in [3.8, 4) is 11.4 Å². The van der Waals surface area contributed by atoms with Crippen LogP contribution in [-0.2, 0) is 9.53 Å². The molecule has 10 heteroatoms. The van der Waals surface area contributed by atoms with E-state index < -0.39 is 18.5 Å². The molecule has 1 aromatic heterocycles. The number of amides is 1. The highest BCUT2D eigenvalue weighted by molar-refractivity contribution is 6.32. The van der Waals surface area contributed by atoms with Crippen LogP contribution in [0.25, 0.3) is 5.69 Å². The number of carbonyl (C=O) groups is 2. The predicted molar refractivity (Wildman–Crippen MR) is 96.1 cm³/mol. The van der Waals surface area contributed by atoms with Gasteiger partial charge < -0.3 is 14.8 Å². The Morgan fingerprint density at radius 1 is 1.22 bits per heavy atom. The first kappa shape index (κ1) is 18.3. The van der Waals surface area contributed by atoms with Gasteiger partial charge in [-0.25, -0.2) is 9.48 Å². The summed E-state index contributed by atoms with van der Waals surface area (Å²) >= 11 is 6.00. The van der Waals surface area contributed by atoms with Gasteiger partial charge in [0.25, 0.3) is 5.91 Å².